The van der Waals surface area contributed by atoms with Gasteiger partial charge < -0.3 is 14.7 Å². The second kappa shape index (κ2) is 9.08. The summed E-state index contributed by atoms with van der Waals surface area (Å²) in [5.41, 5.74) is 3.66. The van der Waals surface area contributed by atoms with Gasteiger partial charge in [-0.3, -0.25) is 9.69 Å². The van der Waals surface area contributed by atoms with E-state index in [-0.39, 0.29) is 31.0 Å². The zero-order valence-electron chi connectivity index (χ0n) is 16.8. The highest BCUT2D eigenvalue weighted by molar-refractivity contribution is 5.81. The summed E-state index contributed by atoms with van der Waals surface area (Å²) in [7, 11) is 0. The van der Waals surface area contributed by atoms with Crippen molar-refractivity contribution in [3.05, 3.63) is 41.5 Å². The SMILES string of the molecule is N#C[C@@H]1[C@H](c2ccc(C3=CCCCC3)cc2)[C@H](CO)N1C(=O)CN1CCOCC1. The van der Waals surface area contributed by atoms with E-state index in [1.54, 1.807) is 4.90 Å². The van der Waals surface area contributed by atoms with Gasteiger partial charge in [0.25, 0.3) is 0 Å². The maximum atomic E-state index is 12.8. The van der Waals surface area contributed by atoms with E-state index in [0.29, 0.717) is 13.2 Å². The second-order valence-corrected chi connectivity index (χ2v) is 8.14. The van der Waals surface area contributed by atoms with Crippen LogP contribution in [0.25, 0.3) is 5.57 Å². The number of benzene rings is 1. The van der Waals surface area contributed by atoms with Gasteiger partial charge >= 0.3 is 0 Å². The van der Waals surface area contributed by atoms with Gasteiger partial charge in [-0.15, -0.1) is 0 Å². The molecular weight excluding hydrogens is 366 g/mol. The quantitative estimate of drug-likeness (QED) is 0.827. The molecule has 0 bridgehead atoms. The van der Waals surface area contributed by atoms with Crippen molar-refractivity contribution in [2.75, 3.05) is 39.5 Å². The number of carbonyl (C=O) groups excluding carboxylic acids is 1. The van der Waals surface area contributed by atoms with Gasteiger partial charge in [0.15, 0.2) is 0 Å². The third kappa shape index (κ3) is 4.09. The number of allylic oxidation sites excluding steroid dienone is 2. The number of rotatable bonds is 5. The highest BCUT2D eigenvalue weighted by atomic mass is 16.5. The molecule has 2 aliphatic heterocycles. The highest BCUT2D eigenvalue weighted by Crippen LogP contribution is 2.41. The third-order valence-electron chi connectivity index (χ3n) is 6.44. The van der Waals surface area contributed by atoms with E-state index >= 15 is 0 Å². The Bertz CT molecular complexity index is 793. The first kappa shape index (κ1) is 20.1. The van der Waals surface area contributed by atoms with Gasteiger partial charge in [-0.05, 0) is 42.4 Å². The lowest BCUT2D eigenvalue weighted by Gasteiger charge is -2.52. The number of aliphatic hydroxyl groups is 1. The molecular formula is C23H29N3O3. The molecule has 1 aromatic rings. The molecule has 0 saturated carbocycles. The molecule has 1 aliphatic carbocycles. The lowest BCUT2D eigenvalue weighted by molar-refractivity contribution is -0.149. The summed E-state index contributed by atoms with van der Waals surface area (Å²) >= 11 is 0. The van der Waals surface area contributed by atoms with Gasteiger partial charge in [0.2, 0.25) is 5.91 Å². The van der Waals surface area contributed by atoms with Gasteiger partial charge in [0, 0.05) is 19.0 Å². The van der Waals surface area contributed by atoms with Crippen LogP contribution in [0.4, 0.5) is 0 Å². The topological polar surface area (TPSA) is 76.8 Å². The number of hydrogen-bond donors (Lipinski definition) is 1. The van der Waals surface area contributed by atoms with E-state index in [1.807, 2.05) is 0 Å². The molecule has 29 heavy (non-hydrogen) atoms. The Kier molecular flexibility index (Phi) is 6.29. The molecule has 0 aromatic heterocycles. The van der Waals surface area contributed by atoms with Crippen LogP contribution < -0.4 is 0 Å². The highest BCUT2D eigenvalue weighted by Gasteiger charge is 2.51. The zero-order valence-corrected chi connectivity index (χ0v) is 16.8. The Morgan fingerprint density at radius 3 is 2.59 bits per heavy atom. The number of nitrogens with zero attached hydrogens (tertiary/aromatic N) is 3. The monoisotopic (exact) mass is 395 g/mol. The predicted octanol–water partition coefficient (Wildman–Crippen LogP) is 2.16. The maximum Gasteiger partial charge on any atom is 0.238 e. The molecule has 3 atom stereocenters. The van der Waals surface area contributed by atoms with Crippen molar-refractivity contribution in [1.82, 2.24) is 9.80 Å². The molecule has 3 aliphatic rings. The molecule has 2 fully saturated rings. The molecule has 2 saturated heterocycles. The predicted molar refractivity (Wildman–Crippen MR) is 110 cm³/mol. The van der Waals surface area contributed by atoms with Crippen LogP contribution in [0.5, 0.6) is 0 Å². The first-order valence-corrected chi connectivity index (χ1v) is 10.6. The zero-order chi connectivity index (χ0) is 20.2. The second-order valence-electron chi connectivity index (χ2n) is 8.14. The molecule has 1 amide bonds. The molecule has 1 N–H and O–H groups in total. The van der Waals surface area contributed by atoms with Gasteiger partial charge in [-0.1, -0.05) is 30.3 Å². The molecule has 6 nitrogen and oxygen atoms in total. The minimum atomic E-state index is -0.527. The molecule has 1 aromatic carbocycles. The van der Waals surface area contributed by atoms with Crippen LogP contribution in [0.1, 0.15) is 42.7 Å². The van der Waals surface area contributed by atoms with Crippen LogP contribution in [-0.4, -0.2) is 72.4 Å². The summed E-state index contributed by atoms with van der Waals surface area (Å²) in [4.78, 5) is 16.5. The van der Waals surface area contributed by atoms with E-state index < -0.39 is 6.04 Å². The minimum absolute atomic E-state index is 0.0854. The Labute approximate surface area is 172 Å². The Morgan fingerprint density at radius 2 is 1.97 bits per heavy atom. The summed E-state index contributed by atoms with van der Waals surface area (Å²) in [6.45, 7) is 2.85. The largest absolute Gasteiger partial charge is 0.394 e. The lowest BCUT2D eigenvalue weighted by Crippen LogP contribution is -2.66. The van der Waals surface area contributed by atoms with Crippen LogP contribution in [0.3, 0.4) is 0 Å². The Morgan fingerprint density at radius 1 is 1.21 bits per heavy atom. The number of hydrogen-bond acceptors (Lipinski definition) is 5. The summed E-state index contributed by atoms with van der Waals surface area (Å²) in [5.74, 6) is -0.231. The number of ether oxygens (including phenoxy) is 1. The van der Waals surface area contributed by atoms with Crippen molar-refractivity contribution in [3.8, 4) is 6.07 Å². The first-order chi connectivity index (χ1) is 14.2. The van der Waals surface area contributed by atoms with Crippen molar-refractivity contribution >= 4 is 11.5 Å². The number of aliphatic hydroxyl groups excluding tert-OH is 1. The van der Waals surface area contributed by atoms with Crippen molar-refractivity contribution in [2.45, 2.75) is 43.7 Å². The molecule has 6 heteroatoms. The van der Waals surface area contributed by atoms with Crippen molar-refractivity contribution in [3.63, 3.8) is 0 Å². The molecule has 4 rings (SSSR count). The van der Waals surface area contributed by atoms with Gasteiger partial charge in [0.1, 0.15) is 6.04 Å². The average molecular weight is 396 g/mol. The number of carbonyl (C=O) groups is 1. The van der Waals surface area contributed by atoms with E-state index in [0.717, 1.165) is 31.5 Å². The maximum absolute atomic E-state index is 12.8. The molecule has 0 unspecified atom stereocenters. The average Bonchev–Trinajstić information content (AvgIpc) is 2.75. The summed E-state index contributed by atoms with van der Waals surface area (Å²) in [6, 6.07) is 9.79. The summed E-state index contributed by atoms with van der Waals surface area (Å²) in [5, 5.41) is 19.7. The lowest BCUT2D eigenvalue weighted by atomic mass is 9.75. The Hall–Kier alpha value is -2.20. The number of likely N-dealkylation sites (tertiary alicyclic amines) is 1. The Balaban J connectivity index is 1.47. The number of nitriles is 1. The van der Waals surface area contributed by atoms with Crippen LogP contribution in [-0.2, 0) is 9.53 Å². The van der Waals surface area contributed by atoms with Crippen LogP contribution in [0.15, 0.2) is 30.3 Å². The number of amides is 1. The fourth-order valence-corrected chi connectivity index (χ4v) is 4.80. The van der Waals surface area contributed by atoms with Gasteiger partial charge in [-0.2, -0.15) is 5.26 Å². The molecule has 154 valence electrons. The normalized spacial score (nSPS) is 27.7. The first-order valence-electron chi connectivity index (χ1n) is 10.6. The van der Waals surface area contributed by atoms with Gasteiger partial charge in [-0.25, -0.2) is 0 Å². The fraction of sp³-hybridized carbons (Fsp3) is 0.565. The van der Waals surface area contributed by atoms with Crippen molar-refractivity contribution in [2.24, 2.45) is 0 Å². The van der Waals surface area contributed by atoms with Crippen LogP contribution in [0.2, 0.25) is 0 Å². The van der Waals surface area contributed by atoms with Crippen LogP contribution in [0, 0.1) is 11.3 Å². The van der Waals surface area contributed by atoms with Crippen molar-refractivity contribution in [1.29, 1.82) is 5.26 Å². The van der Waals surface area contributed by atoms with Gasteiger partial charge in [0.05, 0.1) is 38.5 Å². The van der Waals surface area contributed by atoms with E-state index in [2.05, 4.69) is 41.3 Å². The van der Waals surface area contributed by atoms with Crippen molar-refractivity contribution < 1.29 is 14.6 Å². The fourth-order valence-electron chi connectivity index (χ4n) is 4.80. The van der Waals surface area contributed by atoms with E-state index in [9.17, 15) is 15.2 Å². The standard InChI is InChI=1S/C23H29N3O3/c24-14-20-23(19-8-6-18(7-9-19)17-4-2-1-3-5-17)21(16-27)26(20)22(28)15-25-10-12-29-13-11-25/h4,6-9,20-21,23,27H,1-3,5,10-13,15-16H2/t20-,21+,23+/m1/s1. The number of morpholine rings is 1. The minimum Gasteiger partial charge on any atom is -0.394 e. The molecule has 2 heterocycles. The summed E-state index contributed by atoms with van der Waals surface area (Å²) < 4.78 is 5.33. The summed E-state index contributed by atoms with van der Waals surface area (Å²) in [6.07, 6.45) is 7.08. The smallest absolute Gasteiger partial charge is 0.238 e. The molecule has 0 radical (unpaired) electrons. The third-order valence-corrected chi connectivity index (χ3v) is 6.44. The van der Waals surface area contributed by atoms with Crippen LogP contribution >= 0.6 is 0 Å². The molecule has 0 spiro atoms. The van der Waals surface area contributed by atoms with E-state index in [4.69, 9.17) is 4.74 Å². The van der Waals surface area contributed by atoms with E-state index in [1.165, 1.54) is 24.0 Å².